The predicted octanol–water partition coefficient (Wildman–Crippen LogP) is 14.3. The Morgan fingerprint density at radius 2 is 1.00 bits per heavy atom. The van der Waals surface area contributed by atoms with Gasteiger partial charge in [0.2, 0.25) is 0 Å². The Kier molecular flexibility index (Phi) is 9.61. The molecule has 0 bridgehead atoms. The number of fused-ring (bicyclic) bond motifs is 6. The molecule has 11 rings (SSSR count). The van der Waals surface area contributed by atoms with Gasteiger partial charge in [-0.25, -0.2) is 24.9 Å². The topological polar surface area (TPSA) is 77.6 Å². The van der Waals surface area contributed by atoms with Gasteiger partial charge in [0.05, 0.1) is 15.9 Å². The van der Waals surface area contributed by atoms with Crippen LogP contribution in [0, 0.1) is 0 Å². The van der Waals surface area contributed by atoms with Crippen molar-refractivity contribution in [2.24, 2.45) is 0 Å². The average molecular weight is 790 g/mol. The lowest BCUT2D eigenvalue weighted by atomic mass is 10.0. The smallest absolute Gasteiger partial charge is 0.164 e. The molecule has 0 aliphatic heterocycles. The van der Waals surface area contributed by atoms with Crippen LogP contribution in [0.25, 0.3) is 110 Å². The highest BCUT2D eigenvalue weighted by Gasteiger charge is 2.20. The van der Waals surface area contributed by atoms with Crippen LogP contribution in [-0.2, 0) is 0 Å². The van der Waals surface area contributed by atoms with Crippen molar-refractivity contribution < 1.29 is 4.42 Å². The molecule has 7 heteroatoms. The summed E-state index contributed by atoms with van der Waals surface area (Å²) in [5.41, 5.74) is 10.2. The Bertz CT molecular complexity index is 3350. The predicted molar refractivity (Wildman–Crippen MR) is 249 cm³/mol. The van der Waals surface area contributed by atoms with E-state index in [1.165, 1.54) is 4.70 Å². The number of furan rings is 1. The number of rotatable bonds is 7. The van der Waals surface area contributed by atoms with E-state index in [9.17, 15) is 0 Å². The summed E-state index contributed by atoms with van der Waals surface area (Å²) in [6.07, 6.45) is 3.28. The van der Waals surface area contributed by atoms with Crippen LogP contribution in [-0.4, -0.2) is 24.9 Å². The molecule has 0 saturated carbocycles. The summed E-state index contributed by atoms with van der Waals surface area (Å²) in [7, 11) is 0. The zero-order valence-corrected chi connectivity index (χ0v) is 33.2. The molecule has 0 fully saturated rings. The molecule has 11 aromatic rings. The van der Waals surface area contributed by atoms with Gasteiger partial charge in [-0.1, -0.05) is 171 Å². The van der Waals surface area contributed by atoms with E-state index in [1.54, 1.807) is 23.5 Å². The van der Waals surface area contributed by atoms with Gasteiger partial charge in [-0.3, -0.25) is 0 Å². The van der Waals surface area contributed by atoms with E-state index in [1.807, 2.05) is 60.7 Å². The fourth-order valence-corrected chi connectivity index (χ4v) is 8.63. The van der Waals surface area contributed by atoms with Crippen LogP contribution >= 0.6 is 11.3 Å². The maximum atomic E-state index is 6.60. The molecular formula is C53H35N5OS. The molecule has 4 heterocycles. The fraction of sp³-hybridized carbons (Fsp3) is 0. The zero-order valence-electron chi connectivity index (χ0n) is 32.4. The molecule has 284 valence electrons. The fourth-order valence-electron chi connectivity index (χ4n) is 7.47. The summed E-state index contributed by atoms with van der Waals surface area (Å²) >= 11 is 1.73. The number of aromatic nitrogens is 5. The van der Waals surface area contributed by atoms with Gasteiger partial charge < -0.3 is 4.42 Å². The second-order valence-electron chi connectivity index (χ2n) is 14.1. The Labute approximate surface area is 350 Å². The van der Waals surface area contributed by atoms with Crippen LogP contribution in [0.2, 0.25) is 0 Å². The van der Waals surface area contributed by atoms with Crippen molar-refractivity contribution in [1.29, 1.82) is 0 Å². The van der Waals surface area contributed by atoms with Crippen LogP contribution in [0.15, 0.2) is 206 Å². The molecule has 60 heavy (non-hydrogen) atoms. The van der Waals surface area contributed by atoms with Gasteiger partial charge in [-0.15, -0.1) is 11.3 Å². The highest BCUT2D eigenvalue weighted by atomic mass is 32.1. The van der Waals surface area contributed by atoms with E-state index in [2.05, 4.69) is 128 Å². The summed E-state index contributed by atoms with van der Waals surface area (Å²) < 4.78 is 8.87. The summed E-state index contributed by atoms with van der Waals surface area (Å²) in [5.74, 6) is 2.42. The van der Waals surface area contributed by atoms with Crippen molar-refractivity contribution in [3.05, 3.63) is 201 Å². The third-order valence-electron chi connectivity index (χ3n) is 10.3. The number of benzene rings is 7. The third-order valence-corrected chi connectivity index (χ3v) is 11.5. The maximum Gasteiger partial charge on any atom is 0.164 e. The van der Waals surface area contributed by atoms with Crippen molar-refractivity contribution in [1.82, 2.24) is 24.9 Å². The van der Waals surface area contributed by atoms with Crippen molar-refractivity contribution in [2.45, 2.75) is 0 Å². The van der Waals surface area contributed by atoms with Crippen molar-refractivity contribution in [3.8, 4) is 67.9 Å². The van der Waals surface area contributed by atoms with Crippen molar-refractivity contribution in [2.75, 3.05) is 0 Å². The third kappa shape index (κ3) is 6.83. The average Bonchev–Trinajstić information content (AvgIpc) is 3.90. The zero-order chi connectivity index (χ0) is 40.4. The van der Waals surface area contributed by atoms with Crippen molar-refractivity contribution >= 4 is 53.6 Å². The lowest BCUT2D eigenvalue weighted by molar-refractivity contribution is 0.669. The number of allylic oxidation sites excluding steroid dienone is 2. The SMILES string of the molecule is C=CC=C.c1ccc(-c2cccc(-c3nc(-c4ccccc4)nc(-c4cccc5oc6cc(-c7nc(-c8ccccc8)c8sc9ccccc9c8n7)ccc6c45)n3)c2)cc1. The second kappa shape index (κ2) is 15.8. The van der Waals surface area contributed by atoms with E-state index in [-0.39, 0.29) is 0 Å². The first-order valence-electron chi connectivity index (χ1n) is 19.6. The number of hydrogen-bond acceptors (Lipinski definition) is 7. The number of hydrogen-bond donors (Lipinski definition) is 0. The monoisotopic (exact) mass is 789 g/mol. The normalized spacial score (nSPS) is 11.1. The van der Waals surface area contributed by atoms with Gasteiger partial charge in [0, 0.05) is 48.7 Å². The minimum atomic E-state index is 0.571. The van der Waals surface area contributed by atoms with Crippen LogP contribution < -0.4 is 0 Å². The number of nitrogens with zero attached hydrogens (tertiary/aromatic N) is 5. The van der Waals surface area contributed by atoms with Gasteiger partial charge in [-0.2, -0.15) is 0 Å². The summed E-state index contributed by atoms with van der Waals surface area (Å²) in [6, 6.07) is 59.8. The number of thiophene rings is 1. The summed E-state index contributed by atoms with van der Waals surface area (Å²) in [4.78, 5) is 25.6. The minimum absolute atomic E-state index is 0.571. The molecular weight excluding hydrogens is 755 g/mol. The summed E-state index contributed by atoms with van der Waals surface area (Å²) in [6.45, 7) is 6.72. The maximum absolute atomic E-state index is 6.60. The van der Waals surface area contributed by atoms with Crippen LogP contribution in [0.5, 0.6) is 0 Å². The Balaban J connectivity index is 0.00000104. The van der Waals surface area contributed by atoms with E-state index in [0.29, 0.717) is 23.3 Å². The molecule has 0 saturated heterocycles. The first kappa shape index (κ1) is 36.5. The van der Waals surface area contributed by atoms with Gasteiger partial charge in [0.15, 0.2) is 23.3 Å². The van der Waals surface area contributed by atoms with Crippen molar-refractivity contribution in [3.63, 3.8) is 0 Å². The molecule has 7 aromatic carbocycles. The Morgan fingerprint density at radius 3 is 1.75 bits per heavy atom. The van der Waals surface area contributed by atoms with Crippen LogP contribution in [0.4, 0.5) is 0 Å². The van der Waals surface area contributed by atoms with Gasteiger partial charge >= 0.3 is 0 Å². The van der Waals surface area contributed by atoms with Gasteiger partial charge in [0.1, 0.15) is 11.2 Å². The largest absolute Gasteiger partial charge is 0.456 e. The quantitative estimate of drug-likeness (QED) is 0.150. The molecule has 0 aliphatic carbocycles. The molecule has 0 radical (unpaired) electrons. The van der Waals surface area contributed by atoms with Crippen LogP contribution in [0.1, 0.15) is 0 Å². The minimum Gasteiger partial charge on any atom is -0.456 e. The lowest BCUT2D eigenvalue weighted by Crippen LogP contribution is -2.00. The standard InChI is InChI=1S/C49H29N5OS.C4H6/c1-4-14-30(15-5-1)33-20-12-21-34(28-33)48-52-46(32-18-8-3-9-19-32)53-49(54-48)38-23-13-24-39-42(38)36-27-26-35(29-40(36)55-39)47-50-43(31-16-6-2-7-17-31)45-44(51-47)37-22-10-11-25-41(37)56-45;1-3-4-2/h1-29H;3-4H,1-2H2. The molecule has 0 N–H and O–H groups in total. The van der Waals surface area contributed by atoms with Gasteiger partial charge in [-0.05, 0) is 41.5 Å². The van der Waals surface area contributed by atoms with E-state index in [0.717, 1.165) is 82.2 Å². The van der Waals surface area contributed by atoms with Crippen LogP contribution in [0.3, 0.4) is 0 Å². The molecule has 0 aliphatic rings. The molecule has 0 unspecified atom stereocenters. The first-order chi connectivity index (χ1) is 29.6. The van der Waals surface area contributed by atoms with Gasteiger partial charge in [0.25, 0.3) is 0 Å². The lowest BCUT2D eigenvalue weighted by Gasteiger charge is -2.10. The van der Waals surface area contributed by atoms with E-state index >= 15 is 0 Å². The first-order valence-corrected chi connectivity index (χ1v) is 20.4. The highest BCUT2D eigenvalue weighted by molar-refractivity contribution is 7.26. The van der Waals surface area contributed by atoms with E-state index < -0.39 is 0 Å². The molecule has 6 nitrogen and oxygen atoms in total. The van der Waals surface area contributed by atoms with E-state index in [4.69, 9.17) is 29.3 Å². The molecule has 4 aromatic heterocycles. The molecule has 0 atom stereocenters. The molecule has 0 amide bonds. The molecule has 0 spiro atoms. The Morgan fingerprint density at radius 1 is 0.417 bits per heavy atom. The Hall–Kier alpha value is -7.87. The highest BCUT2D eigenvalue weighted by Crippen LogP contribution is 2.41. The summed E-state index contributed by atoms with van der Waals surface area (Å²) in [5, 5.41) is 3.02. The second-order valence-corrected chi connectivity index (χ2v) is 15.2.